The van der Waals surface area contributed by atoms with Gasteiger partial charge in [0, 0.05) is 10.9 Å². The molecule has 23 heavy (non-hydrogen) atoms. The number of aromatic nitrogens is 2. The fourth-order valence-corrected chi connectivity index (χ4v) is 3.32. The van der Waals surface area contributed by atoms with Crippen molar-refractivity contribution in [2.45, 2.75) is 0 Å². The first-order valence-corrected chi connectivity index (χ1v) is 8.74. The minimum Gasteiger partial charge on any atom is -0.186 e. The molecule has 8 heteroatoms. The van der Waals surface area contributed by atoms with Crippen molar-refractivity contribution in [3.8, 4) is 11.3 Å². The normalized spacial score (nSPS) is 12.2. The molecule has 0 aliphatic heterocycles. The summed E-state index contributed by atoms with van der Waals surface area (Å²) in [7, 11) is -4.19. The number of thiazole rings is 1. The molecule has 4 aromatic rings. The number of hydrogen-bond donors (Lipinski definition) is 3. The number of imidazole rings is 1. The Hall–Kier alpha value is -2.00. The Balaban J connectivity index is 0.000000276. The van der Waals surface area contributed by atoms with E-state index in [2.05, 4.69) is 69.0 Å². The Morgan fingerprint density at radius 1 is 1.00 bits per heavy atom. The molecule has 0 amide bonds. The van der Waals surface area contributed by atoms with Crippen molar-refractivity contribution in [1.29, 1.82) is 0 Å². The number of benzene rings is 1. The van der Waals surface area contributed by atoms with E-state index in [0.717, 1.165) is 0 Å². The number of pyridine rings is 1. The van der Waals surface area contributed by atoms with E-state index in [0.29, 0.717) is 0 Å². The predicted octanol–water partition coefficient (Wildman–Crippen LogP) is 0.546. The minimum atomic E-state index is -4.19. The summed E-state index contributed by atoms with van der Waals surface area (Å²) in [5.74, 6) is 0. The number of nitrogens with zero attached hydrogens (tertiary/aromatic N) is 2. The first kappa shape index (κ1) is 15.9. The van der Waals surface area contributed by atoms with Crippen LogP contribution in [0.4, 0.5) is 0 Å². The fourth-order valence-electron chi connectivity index (χ4n) is 2.31. The quantitative estimate of drug-likeness (QED) is 0.436. The number of hydrogen-bond acceptors (Lipinski definition) is 5. The van der Waals surface area contributed by atoms with Crippen LogP contribution in [0, 0.1) is 10.2 Å². The van der Waals surface area contributed by atoms with Crippen LogP contribution in [-0.2, 0) is 0 Å². The number of fused-ring (bicyclic) bond motifs is 3. The van der Waals surface area contributed by atoms with Crippen LogP contribution in [0.25, 0.3) is 21.7 Å². The van der Waals surface area contributed by atoms with Gasteiger partial charge >= 0.3 is 33.8 Å². The van der Waals surface area contributed by atoms with Gasteiger partial charge < -0.3 is 0 Å². The first-order valence-electron chi connectivity index (χ1n) is 6.54. The maximum Gasteiger partial charge on any atom is 0.351 e. The maximum atomic E-state index is 8.83. The molecule has 3 heterocycles. The minimum absolute atomic E-state index is 1.22. The molecule has 0 atom stereocenters. The smallest absolute Gasteiger partial charge is 0.186 e. The molecule has 0 spiro atoms. The molecule has 0 saturated heterocycles. The van der Waals surface area contributed by atoms with Gasteiger partial charge in [-0.1, -0.05) is 47.7 Å². The van der Waals surface area contributed by atoms with Crippen LogP contribution in [0.5, 0.6) is 0 Å². The van der Waals surface area contributed by atoms with E-state index >= 15 is 0 Å². The molecule has 0 aliphatic carbocycles. The third-order valence-electron chi connectivity index (χ3n) is 3.17. The second-order valence-corrected chi connectivity index (χ2v) is 6.40. The van der Waals surface area contributed by atoms with Crippen LogP contribution in [0.15, 0.2) is 66.3 Å². The molecule has 1 aromatic carbocycles. The van der Waals surface area contributed by atoms with E-state index in [1.54, 1.807) is 11.3 Å². The fraction of sp³-hybridized carbons (Fsp3) is 0. The second-order valence-electron chi connectivity index (χ2n) is 4.70. The monoisotopic (exact) mass is 353 g/mol. The van der Waals surface area contributed by atoms with Crippen molar-refractivity contribution in [1.82, 2.24) is 4.40 Å². The van der Waals surface area contributed by atoms with Crippen LogP contribution in [0.1, 0.15) is 0 Å². The van der Waals surface area contributed by atoms with Gasteiger partial charge in [-0.05, 0) is 12.1 Å². The van der Waals surface area contributed by atoms with Gasteiger partial charge in [-0.3, -0.25) is 0 Å². The van der Waals surface area contributed by atoms with Gasteiger partial charge in [0.25, 0.3) is 0 Å². The summed E-state index contributed by atoms with van der Waals surface area (Å²) in [5.41, 5.74) is 3.73. The van der Waals surface area contributed by atoms with Crippen LogP contribution >= 0.6 is 11.3 Å². The standard InChI is InChI=1S/C15H11N2S.ClH3O4/c1-2-6-12(7-3-1)14-11-18-15-16-9-5-4-8-13(16)10-17(14)15;2-1(3,4)5/h1-11H;2-4H/q+1;. The Morgan fingerprint density at radius 2 is 1.65 bits per heavy atom. The van der Waals surface area contributed by atoms with E-state index in [1.807, 2.05) is 6.07 Å². The third kappa shape index (κ3) is 3.67. The topological polar surface area (TPSA) is 92.3 Å². The maximum absolute atomic E-state index is 8.83. The van der Waals surface area contributed by atoms with Crippen LogP contribution in [0.3, 0.4) is 0 Å². The van der Waals surface area contributed by atoms with Gasteiger partial charge in [-0.15, -0.1) is 0 Å². The molecule has 0 radical (unpaired) electrons. The summed E-state index contributed by atoms with van der Waals surface area (Å²) >= 11 is 1.77. The van der Waals surface area contributed by atoms with Crippen molar-refractivity contribution >= 4 is 21.8 Å². The van der Waals surface area contributed by atoms with Gasteiger partial charge in [0.15, 0.2) is 11.2 Å². The summed E-state index contributed by atoms with van der Waals surface area (Å²) in [4.78, 5) is 1.24. The Labute approximate surface area is 137 Å². The van der Waals surface area contributed by atoms with Crippen molar-refractivity contribution in [2.24, 2.45) is 0 Å². The summed E-state index contributed by atoms with van der Waals surface area (Å²) in [5, 5.41) is 2.21. The van der Waals surface area contributed by atoms with Crippen molar-refractivity contribution < 1.29 is 33.3 Å². The molecule has 0 saturated carbocycles. The molecular formula is C15H14ClN2O4S+. The van der Waals surface area contributed by atoms with Crippen molar-refractivity contribution in [3.63, 3.8) is 0 Å². The predicted molar refractivity (Wildman–Crippen MR) is 80.5 cm³/mol. The van der Waals surface area contributed by atoms with Crippen LogP contribution in [0.2, 0.25) is 0 Å². The summed E-state index contributed by atoms with van der Waals surface area (Å²) < 4.78 is 34.7. The summed E-state index contributed by atoms with van der Waals surface area (Å²) in [6.07, 6.45) is 4.30. The summed E-state index contributed by atoms with van der Waals surface area (Å²) in [6.45, 7) is 0. The molecule has 0 aliphatic rings. The first-order chi connectivity index (χ1) is 10.9. The Morgan fingerprint density at radius 3 is 2.35 bits per heavy atom. The molecule has 0 unspecified atom stereocenters. The molecule has 0 bridgehead atoms. The van der Waals surface area contributed by atoms with Crippen LogP contribution in [-0.4, -0.2) is 18.4 Å². The number of rotatable bonds is 1. The Bertz CT molecular complexity index is 925. The van der Waals surface area contributed by atoms with Gasteiger partial charge in [-0.25, -0.2) is 0 Å². The van der Waals surface area contributed by atoms with E-state index in [4.69, 9.17) is 18.6 Å². The average Bonchev–Trinajstić information content (AvgIpc) is 3.05. The van der Waals surface area contributed by atoms with Gasteiger partial charge in [0.1, 0.15) is 6.20 Å². The van der Waals surface area contributed by atoms with Gasteiger partial charge in [0.2, 0.25) is 0 Å². The molecule has 3 N–H and O–H groups in total. The van der Waals surface area contributed by atoms with E-state index < -0.39 is 10.2 Å². The average molecular weight is 354 g/mol. The van der Waals surface area contributed by atoms with E-state index in [9.17, 15) is 0 Å². The molecule has 6 nitrogen and oxygen atoms in total. The largest absolute Gasteiger partial charge is 0.351 e. The summed E-state index contributed by atoms with van der Waals surface area (Å²) in [6, 6.07) is 16.8. The van der Waals surface area contributed by atoms with E-state index in [-0.39, 0.29) is 0 Å². The van der Waals surface area contributed by atoms with Crippen LogP contribution < -0.4 is 9.06 Å². The van der Waals surface area contributed by atoms with Crippen molar-refractivity contribution in [2.75, 3.05) is 0 Å². The molecule has 120 valence electrons. The zero-order chi connectivity index (χ0) is 16.4. The van der Waals surface area contributed by atoms with E-state index in [1.165, 1.54) is 21.7 Å². The molecule has 0 fully saturated rings. The zero-order valence-corrected chi connectivity index (χ0v) is 13.4. The SMILES string of the molecule is [O-][Cl+](O)(O)O.c1ccc(-c2csc3n4ccccc4c[n+]23)cc1. The second kappa shape index (κ2) is 6.25. The molecular weight excluding hydrogens is 340 g/mol. The molecule has 4 rings (SSSR count). The number of halogens is 1. The van der Waals surface area contributed by atoms with Gasteiger partial charge in [-0.2, -0.15) is 8.80 Å². The van der Waals surface area contributed by atoms with Crippen molar-refractivity contribution in [3.05, 3.63) is 66.3 Å². The molecule has 3 aromatic heterocycles. The van der Waals surface area contributed by atoms with Gasteiger partial charge in [0.05, 0.1) is 6.20 Å². The zero-order valence-electron chi connectivity index (χ0n) is 11.8. The third-order valence-corrected chi connectivity index (χ3v) is 4.12. The Kier molecular flexibility index (Phi) is 4.31.